The average molecular weight is 235 g/mol. The van der Waals surface area contributed by atoms with E-state index in [1.807, 2.05) is 13.0 Å². The highest BCUT2D eigenvalue weighted by Crippen LogP contribution is 2.20. The van der Waals surface area contributed by atoms with Crippen molar-refractivity contribution in [3.05, 3.63) is 17.8 Å². The van der Waals surface area contributed by atoms with Gasteiger partial charge in [0.05, 0.1) is 13.0 Å². The summed E-state index contributed by atoms with van der Waals surface area (Å²) in [4.78, 5) is 15.5. The minimum atomic E-state index is 0.0335. The fraction of sp³-hybridized carbons (Fsp3) is 0.500. The largest absolute Gasteiger partial charge is 0.489 e. The number of rotatable bonds is 5. The fourth-order valence-corrected chi connectivity index (χ4v) is 1.47. The Labute approximate surface area is 100 Å². The van der Waals surface area contributed by atoms with Crippen molar-refractivity contribution in [1.29, 1.82) is 0 Å². The third-order valence-corrected chi connectivity index (χ3v) is 2.55. The zero-order chi connectivity index (χ0) is 12.3. The number of nitrogens with one attached hydrogen (secondary N) is 1. The number of carbonyl (C=O) groups is 1. The SMILES string of the molecule is Cc1ccc(OCCC(=O)NC2CC2)c(N)n1. The second-order valence-corrected chi connectivity index (χ2v) is 4.28. The van der Waals surface area contributed by atoms with Crippen molar-refractivity contribution in [2.24, 2.45) is 0 Å². The normalized spacial score (nSPS) is 14.4. The van der Waals surface area contributed by atoms with Crippen LogP contribution in [0.5, 0.6) is 5.75 Å². The molecule has 0 aliphatic heterocycles. The molecular weight excluding hydrogens is 218 g/mol. The summed E-state index contributed by atoms with van der Waals surface area (Å²) in [7, 11) is 0. The minimum absolute atomic E-state index is 0.0335. The van der Waals surface area contributed by atoms with E-state index in [0.29, 0.717) is 30.6 Å². The van der Waals surface area contributed by atoms with Crippen LogP contribution in [0.1, 0.15) is 25.0 Å². The molecule has 1 fully saturated rings. The van der Waals surface area contributed by atoms with Crippen LogP contribution < -0.4 is 15.8 Å². The van der Waals surface area contributed by atoms with E-state index in [4.69, 9.17) is 10.5 Å². The van der Waals surface area contributed by atoms with Gasteiger partial charge in [-0.2, -0.15) is 0 Å². The van der Waals surface area contributed by atoms with Crippen molar-refractivity contribution in [2.75, 3.05) is 12.3 Å². The predicted molar refractivity (Wildman–Crippen MR) is 64.7 cm³/mol. The van der Waals surface area contributed by atoms with Crippen molar-refractivity contribution in [3.8, 4) is 5.75 Å². The van der Waals surface area contributed by atoms with E-state index in [-0.39, 0.29) is 5.91 Å². The summed E-state index contributed by atoms with van der Waals surface area (Å²) in [6.45, 7) is 2.19. The fourth-order valence-electron chi connectivity index (χ4n) is 1.47. The Morgan fingerprint density at radius 3 is 3.00 bits per heavy atom. The van der Waals surface area contributed by atoms with Gasteiger partial charge in [-0.25, -0.2) is 4.98 Å². The smallest absolute Gasteiger partial charge is 0.223 e. The van der Waals surface area contributed by atoms with Gasteiger partial charge in [-0.1, -0.05) is 0 Å². The first-order valence-corrected chi connectivity index (χ1v) is 5.80. The maximum Gasteiger partial charge on any atom is 0.223 e. The second-order valence-electron chi connectivity index (χ2n) is 4.28. The number of nitrogens with zero attached hydrogens (tertiary/aromatic N) is 1. The van der Waals surface area contributed by atoms with E-state index in [1.165, 1.54) is 0 Å². The summed E-state index contributed by atoms with van der Waals surface area (Å²) in [5.74, 6) is 0.938. The highest BCUT2D eigenvalue weighted by Gasteiger charge is 2.22. The number of anilines is 1. The van der Waals surface area contributed by atoms with Crippen LogP contribution in [-0.4, -0.2) is 23.5 Å². The Morgan fingerprint density at radius 2 is 2.35 bits per heavy atom. The van der Waals surface area contributed by atoms with Crippen molar-refractivity contribution < 1.29 is 9.53 Å². The van der Waals surface area contributed by atoms with E-state index in [9.17, 15) is 4.79 Å². The maximum absolute atomic E-state index is 11.4. The van der Waals surface area contributed by atoms with Crippen LogP contribution in [0.25, 0.3) is 0 Å². The Bertz CT molecular complexity index is 416. The quantitative estimate of drug-likeness (QED) is 0.798. The van der Waals surface area contributed by atoms with E-state index in [2.05, 4.69) is 10.3 Å². The zero-order valence-electron chi connectivity index (χ0n) is 9.90. The van der Waals surface area contributed by atoms with E-state index >= 15 is 0 Å². The summed E-state index contributed by atoms with van der Waals surface area (Å²) in [5, 5.41) is 2.90. The number of hydrogen-bond donors (Lipinski definition) is 2. The molecule has 0 saturated heterocycles. The first-order chi connectivity index (χ1) is 8.15. The summed E-state index contributed by atoms with van der Waals surface area (Å²) in [5.41, 5.74) is 6.54. The molecule has 5 nitrogen and oxygen atoms in total. The first kappa shape index (κ1) is 11.7. The van der Waals surface area contributed by atoms with Crippen molar-refractivity contribution in [3.63, 3.8) is 0 Å². The molecule has 0 atom stereocenters. The van der Waals surface area contributed by atoms with E-state index in [0.717, 1.165) is 18.5 Å². The Hall–Kier alpha value is -1.78. The molecule has 3 N–H and O–H groups in total. The van der Waals surface area contributed by atoms with Gasteiger partial charge in [0.15, 0.2) is 11.6 Å². The Kier molecular flexibility index (Phi) is 3.46. The van der Waals surface area contributed by atoms with Crippen LogP contribution in [0, 0.1) is 6.92 Å². The summed E-state index contributed by atoms with van der Waals surface area (Å²) < 4.78 is 5.42. The molecule has 0 bridgehead atoms. The third kappa shape index (κ3) is 3.62. The summed E-state index contributed by atoms with van der Waals surface area (Å²) in [6.07, 6.45) is 2.55. The number of pyridine rings is 1. The molecule has 0 aromatic carbocycles. The van der Waals surface area contributed by atoms with Gasteiger partial charge in [-0.15, -0.1) is 0 Å². The molecule has 0 spiro atoms. The number of carbonyl (C=O) groups excluding carboxylic acids is 1. The average Bonchev–Trinajstić information content (AvgIpc) is 3.05. The molecule has 17 heavy (non-hydrogen) atoms. The molecule has 2 rings (SSSR count). The lowest BCUT2D eigenvalue weighted by Crippen LogP contribution is -2.26. The molecule has 92 valence electrons. The molecule has 1 aliphatic rings. The van der Waals surface area contributed by atoms with Gasteiger partial charge in [-0.3, -0.25) is 4.79 Å². The molecule has 0 radical (unpaired) electrons. The van der Waals surface area contributed by atoms with Gasteiger partial charge >= 0.3 is 0 Å². The van der Waals surface area contributed by atoms with Crippen LogP contribution in [0.3, 0.4) is 0 Å². The molecule has 1 aliphatic carbocycles. The number of nitrogens with two attached hydrogens (primary N) is 1. The topological polar surface area (TPSA) is 77.2 Å². The molecule has 1 amide bonds. The number of aryl methyl sites for hydroxylation is 1. The van der Waals surface area contributed by atoms with Gasteiger partial charge in [0.25, 0.3) is 0 Å². The van der Waals surface area contributed by atoms with Gasteiger partial charge < -0.3 is 15.8 Å². The van der Waals surface area contributed by atoms with E-state index in [1.54, 1.807) is 6.07 Å². The molecular formula is C12H17N3O2. The molecule has 1 aromatic heterocycles. The van der Waals surface area contributed by atoms with Gasteiger partial charge in [-0.05, 0) is 31.9 Å². The molecule has 1 heterocycles. The standard InChI is InChI=1S/C12H17N3O2/c1-8-2-5-10(12(13)14-8)17-7-6-11(16)15-9-3-4-9/h2,5,9H,3-4,6-7H2,1H3,(H2,13,14)(H,15,16). The van der Waals surface area contributed by atoms with Crippen molar-refractivity contribution in [1.82, 2.24) is 10.3 Å². The lowest BCUT2D eigenvalue weighted by atomic mass is 10.3. The van der Waals surface area contributed by atoms with Crippen LogP contribution in [0.2, 0.25) is 0 Å². The van der Waals surface area contributed by atoms with Crippen molar-refractivity contribution >= 4 is 11.7 Å². The van der Waals surface area contributed by atoms with Crippen LogP contribution >= 0.6 is 0 Å². The van der Waals surface area contributed by atoms with Crippen molar-refractivity contribution in [2.45, 2.75) is 32.2 Å². The van der Waals surface area contributed by atoms with E-state index < -0.39 is 0 Å². The lowest BCUT2D eigenvalue weighted by Gasteiger charge is -2.08. The number of nitrogen functional groups attached to an aromatic ring is 1. The van der Waals surface area contributed by atoms with Gasteiger partial charge in [0.2, 0.25) is 5.91 Å². The predicted octanol–water partition coefficient (Wildman–Crippen LogP) is 1.02. The van der Waals surface area contributed by atoms with Crippen LogP contribution in [0.4, 0.5) is 5.82 Å². The number of ether oxygens (including phenoxy) is 1. The zero-order valence-corrected chi connectivity index (χ0v) is 9.90. The summed E-state index contributed by atoms with van der Waals surface area (Å²) in [6, 6.07) is 4.00. The second kappa shape index (κ2) is 5.03. The highest BCUT2D eigenvalue weighted by atomic mass is 16.5. The van der Waals surface area contributed by atoms with Crippen LogP contribution in [-0.2, 0) is 4.79 Å². The maximum atomic E-state index is 11.4. The highest BCUT2D eigenvalue weighted by molar-refractivity contribution is 5.76. The van der Waals surface area contributed by atoms with Crippen LogP contribution in [0.15, 0.2) is 12.1 Å². The number of hydrogen-bond acceptors (Lipinski definition) is 4. The molecule has 0 unspecified atom stereocenters. The minimum Gasteiger partial charge on any atom is -0.489 e. The Morgan fingerprint density at radius 1 is 1.59 bits per heavy atom. The lowest BCUT2D eigenvalue weighted by molar-refractivity contribution is -0.121. The first-order valence-electron chi connectivity index (χ1n) is 5.80. The molecule has 1 saturated carbocycles. The molecule has 1 aromatic rings. The number of aromatic nitrogens is 1. The third-order valence-electron chi connectivity index (χ3n) is 2.55. The monoisotopic (exact) mass is 235 g/mol. The summed E-state index contributed by atoms with van der Waals surface area (Å²) >= 11 is 0. The van der Waals surface area contributed by atoms with Gasteiger partial charge in [0.1, 0.15) is 0 Å². The van der Waals surface area contributed by atoms with Gasteiger partial charge in [0, 0.05) is 11.7 Å². The Balaban J connectivity index is 1.75. The number of amides is 1. The molecule has 5 heteroatoms.